The number of phenols is 19. The minimum Gasteiger partial charge on any atom is -0.507 e. The molecule has 7 atom stereocenters. The fourth-order valence-corrected chi connectivity index (χ4v) is 11.6. The van der Waals surface area contributed by atoms with Crippen molar-refractivity contribution in [3.8, 4) is 148 Å². The number of esters is 5. The van der Waals surface area contributed by atoms with E-state index in [4.69, 9.17) is 28.4 Å². The van der Waals surface area contributed by atoms with Crippen LogP contribution in [0, 0.1) is 0 Å². The second kappa shape index (κ2) is 18.9. The van der Waals surface area contributed by atoms with Gasteiger partial charge in [-0.25, -0.2) is 24.0 Å². The maximum absolute atomic E-state index is 15.8. The third-order valence-electron chi connectivity index (χ3n) is 15.5. The first-order valence-corrected chi connectivity index (χ1v) is 25.0. The van der Waals surface area contributed by atoms with Gasteiger partial charge in [-0.3, -0.25) is 0 Å². The second-order valence-corrected chi connectivity index (χ2v) is 20.2. The number of hydrogen-bond donors (Lipinski definition) is 20. The number of hydrogen-bond acceptors (Lipinski definition) is 31. The van der Waals surface area contributed by atoms with Gasteiger partial charge in [0.25, 0.3) is 0 Å². The van der Waals surface area contributed by atoms with Crippen LogP contribution in [-0.2, 0) is 30.1 Å². The van der Waals surface area contributed by atoms with Crippen LogP contribution >= 0.6 is 0 Å². The van der Waals surface area contributed by atoms with E-state index in [1.54, 1.807) is 0 Å². The third-order valence-corrected chi connectivity index (χ3v) is 15.5. The Bertz CT molecular complexity index is 4350. The first-order valence-electron chi connectivity index (χ1n) is 25.0. The summed E-state index contributed by atoms with van der Waals surface area (Å²) >= 11 is 0. The fraction of sp³-hybridized carbons (Fsp3) is 0.161. The molecule has 31 heteroatoms. The van der Waals surface area contributed by atoms with Crippen molar-refractivity contribution in [1.82, 2.24) is 0 Å². The molecular weight excluding hydrogens is 1170 g/mol. The minimum absolute atomic E-state index is 0.0205. The lowest BCUT2D eigenvalue weighted by atomic mass is 9.73. The molecule has 13 rings (SSSR count). The number of carbonyl (C=O) groups excluding carboxylic acids is 5. The highest BCUT2D eigenvalue weighted by atomic mass is 16.6. The molecule has 0 aliphatic carbocycles. The van der Waals surface area contributed by atoms with Gasteiger partial charge < -0.3 is 131 Å². The Balaban J connectivity index is 1.21. The topological polar surface area (TPSA) is 545 Å². The van der Waals surface area contributed by atoms with Crippen molar-refractivity contribution in [2.75, 3.05) is 6.61 Å². The lowest BCUT2D eigenvalue weighted by Crippen LogP contribution is -2.56. The number of aliphatic hydroxyl groups excluding tert-OH is 1. The molecular formula is C56H38O31. The highest BCUT2D eigenvalue weighted by Gasteiger charge is 2.57. The number of fused-ring (bicyclic) bond motifs is 8. The van der Waals surface area contributed by atoms with Crippen molar-refractivity contribution in [2.45, 2.75) is 49.0 Å². The molecule has 0 radical (unpaired) electrons. The monoisotopic (exact) mass is 1210 g/mol. The maximum atomic E-state index is 15.8. The third kappa shape index (κ3) is 7.75. The number of aliphatic hydroxyl groups is 1. The zero-order valence-corrected chi connectivity index (χ0v) is 42.9. The molecule has 0 fully saturated rings. The van der Waals surface area contributed by atoms with Gasteiger partial charge in [-0.05, 0) is 35.9 Å². The number of carbonyl (C=O) groups is 5. The molecule has 0 saturated carbocycles. The number of phenolic OH excluding ortho intramolecular Hbond substituents is 19. The Morgan fingerprint density at radius 2 is 0.805 bits per heavy atom. The van der Waals surface area contributed by atoms with Gasteiger partial charge in [0.05, 0.1) is 39.8 Å². The Kier molecular flexibility index (Phi) is 12.1. The number of benzene rings is 7. The normalized spacial score (nSPS) is 20.9. The number of rotatable bonds is 2. The van der Waals surface area contributed by atoms with Crippen LogP contribution in [0.15, 0.2) is 42.5 Å². The summed E-state index contributed by atoms with van der Waals surface area (Å²) in [6.45, 7) is -1.63. The maximum Gasteiger partial charge on any atom is 0.340 e. The number of aromatic hydroxyl groups is 19. The van der Waals surface area contributed by atoms with E-state index >= 15 is 19.2 Å². The van der Waals surface area contributed by atoms with Gasteiger partial charge in [-0.15, -0.1) is 0 Å². The van der Waals surface area contributed by atoms with Crippen molar-refractivity contribution in [3.05, 3.63) is 92.5 Å². The van der Waals surface area contributed by atoms with Gasteiger partial charge >= 0.3 is 29.8 Å². The van der Waals surface area contributed by atoms with Crippen molar-refractivity contribution >= 4 is 29.8 Å². The predicted molar refractivity (Wildman–Crippen MR) is 276 cm³/mol. The van der Waals surface area contributed by atoms with E-state index in [1.165, 1.54) is 6.07 Å². The Morgan fingerprint density at radius 1 is 0.345 bits per heavy atom. The van der Waals surface area contributed by atoms with Crippen molar-refractivity contribution < 1.29 is 155 Å². The average molecular weight is 1210 g/mol. The van der Waals surface area contributed by atoms with Crippen LogP contribution in [-0.4, -0.2) is 169 Å². The Morgan fingerprint density at radius 3 is 1.37 bits per heavy atom. The largest absolute Gasteiger partial charge is 0.507 e. The molecule has 0 spiro atoms. The zero-order chi connectivity index (χ0) is 62.7. The van der Waals surface area contributed by atoms with Gasteiger partial charge in [0.15, 0.2) is 93.4 Å². The van der Waals surface area contributed by atoms with E-state index in [-0.39, 0.29) is 11.6 Å². The van der Waals surface area contributed by atoms with E-state index in [2.05, 4.69) is 0 Å². The second-order valence-electron chi connectivity index (χ2n) is 20.2. The quantitative estimate of drug-likeness (QED) is 0.0671. The van der Waals surface area contributed by atoms with Crippen LogP contribution in [0.3, 0.4) is 0 Å². The highest BCUT2D eigenvalue weighted by Crippen LogP contribution is 2.64. The van der Waals surface area contributed by atoms with Crippen LogP contribution in [0.2, 0.25) is 0 Å². The molecule has 7 aromatic carbocycles. The first kappa shape index (κ1) is 55.4. The molecule has 0 aromatic heterocycles. The van der Waals surface area contributed by atoms with E-state index in [0.717, 1.165) is 18.2 Å². The molecule has 6 bridgehead atoms. The van der Waals surface area contributed by atoms with Crippen LogP contribution in [0.4, 0.5) is 0 Å². The van der Waals surface area contributed by atoms with E-state index in [9.17, 15) is 107 Å². The summed E-state index contributed by atoms with van der Waals surface area (Å²) in [4.78, 5) is 75.8. The molecule has 6 aliphatic rings. The summed E-state index contributed by atoms with van der Waals surface area (Å²) in [5.74, 6) is -40.4. The van der Waals surface area contributed by atoms with Crippen molar-refractivity contribution in [3.63, 3.8) is 0 Å². The first-order chi connectivity index (χ1) is 41.0. The van der Waals surface area contributed by atoms with Gasteiger partial charge in [-0.2, -0.15) is 0 Å². The number of ether oxygens (including phenoxy) is 6. The van der Waals surface area contributed by atoms with Crippen molar-refractivity contribution in [1.29, 1.82) is 0 Å². The van der Waals surface area contributed by atoms with Crippen LogP contribution in [0.25, 0.3) is 33.4 Å². The van der Waals surface area contributed by atoms with E-state index in [1.807, 2.05) is 0 Å². The average Bonchev–Trinajstić information content (AvgIpc) is 1.33. The standard InChI is InChI=1S/C56H38O31/c57-15-2-1-10(3-16(15)58)48-21(63)4-11-22(83-48)8-17(59)27(35(11)64)32-31-34-30(44(73)47(76)45(31)74)29-33-28(42(71)46(75)43(29)72)26-14(7-20(62)38(67)41(26)70)53(78)84-23-9-82-52(77)12-5-18(60)36(65)39(68)24(12)25-13(6-19(61)37(66)40(25)69)54(79)85-49(23)51(87-56(33)81)50(32)86-55(34)80/h1-3,5-8,21,23,32,48-51,57-76H,4,9H2. The predicted octanol–water partition coefficient (Wildman–Crippen LogP) is 3.28. The van der Waals surface area contributed by atoms with Gasteiger partial charge in [-0.1, -0.05) is 6.07 Å². The summed E-state index contributed by atoms with van der Waals surface area (Å²) in [7, 11) is 0. The summed E-state index contributed by atoms with van der Waals surface area (Å²) in [6, 6.07) is 5.01. The molecule has 0 amide bonds. The van der Waals surface area contributed by atoms with Crippen LogP contribution < -0.4 is 4.74 Å². The number of cyclic esters (lactones) is 1. The molecule has 7 unspecified atom stereocenters. The summed E-state index contributed by atoms with van der Waals surface area (Å²) in [5.41, 5.74) is -17.4. The Hall–Kier alpha value is -12.2. The van der Waals surface area contributed by atoms with Gasteiger partial charge in [0.1, 0.15) is 30.0 Å². The summed E-state index contributed by atoms with van der Waals surface area (Å²) in [5, 5.41) is 228. The molecule has 0 saturated heterocycles. The zero-order valence-electron chi connectivity index (χ0n) is 42.9. The highest BCUT2D eigenvalue weighted by molar-refractivity contribution is 6.17. The molecule has 87 heavy (non-hydrogen) atoms. The van der Waals surface area contributed by atoms with E-state index in [0.29, 0.717) is 12.1 Å². The SMILES string of the molecule is O=C1OCC2OC(=O)c3cc(O)c(O)c(O)c3-c3c(O)c(O)c(O)c4c3C(=O)OC(C2OC(=O)c2cc(O)c(O)c(O)c2-c2c1cc(O)c(O)c2O)C1OC(=O)c2c-4c(O)c(O)c(O)c2C1c1c(O)cc2c(c1O)CC(O)C(c1ccc(O)c(O)c1)O2. The molecule has 448 valence electrons. The Labute approximate surface area is 479 Å². The molecule has 7 aromatic rings. The van der Waals surface area contributed by atoms with E-state index < -0.39 is 278 Å². The van der Waals surface area contributed by atoms with Crippen LogP contribution in [0.1, 0.15) is 86.1 Å². The summed E-state index contributed by atoms with van der Waals surface area (Å²) in [6.07, 6.45) is -15.4. The smallest absolute Gasteiger partial charge is 0.340 e. The van der Waals surface area contributed by atoms with Crippen LogP contribution in [0.5, 0.6) is 115 Å². The molecule has 6 aliphatic heterocycles. The molecule has 6 heterocycles. The lowest BCUT2D eigenvalue weighted by Gasteiger charge is -2.43. The van der Waals surface area contributed by atoms with Gasteiger partial charge in [0, 0.05) is 62.6 Å². The van der Waals surface area contributed by atoms with Gasteiger partial charge in [0.2, 0.25) is 28.7 Å². The lowest BCUT2D eigenvalue weighted by molar-refractivity contribution is -0.135. The van der Waals surface area contributed by atoms with Crippen molar-refractivity contribution in [2.24, 2.45) is 0 Å². The summed E-state index contributed by atoms with van der Waals surface area (Å²) < 4.78 is 35.3. The fourth-order valence-electron chi connectivity index (χ4n) is 11.6. The minimum atomic E-state index is -3.01. The molecule has 20 N–H and O–H groups in total. The molecule has 31 nitrogen and oxygen atoms in total.